The van der Waals surface area contributed by atoms with Gasteiger partial charge in [0, 0.05) is 48.5 Å². The van der Waals surface area contributed by atoms with Crippen LogP contribution in [0.25, 0.3) is 11.0 Å². The maximum atomic E-state index is 12.9. The van der Waals surface area contributed by atoms with Gasteiger partial charge in [0.25, 0.3) is 11.8 Å². The normalized spacial score (nSPS) is 13.3. The van der Waals surface area contributed by atoms with Gasteiger partial charge in [-0.2, -0.15) is 0 Å². The number of ether oxygens (including phenoxy) is 1. The SMILES string of the molecule is COc1cccc(C(=O)NC(=S)Nc2ccc(N3CCN(C(=O)c4cc5ccccc5o4)CC3)cc2)c1. The molecule has 3 aromatic carbocycles. The van der Waals surface area contributed by atoms with Gasteiger partial charge in [-0.25, -0.2) is 0 Å². The van der Waals surface area contributed by atoms with E-state index < -0.39 is 0 Å². The van der Waals surface area contributed by atoms with Crippen molar-refractivity contribution < 1.29 is 18.7 Å². The molecule has 188 valence electrons. The highest BCUT2D eigenvalue weighted by molar-refractivity contribution is 7.80. The molecule has 5 rings (SSSR count). The molecule has 0 saturated carbocycles. The molecular formula is C28H26N4O4S. The number of hydrogen-bond donors (Lipinski definition) is 2. The molecule has 2 N–H and O–H groups in total. The topological polar surface area (TPSA) is 87.0 Å². The smallest absolute Gasteiger partial charge is 0.289 e. The standard InChI is InChI=1S/C28H26N4O4S/c1-35-23-7-4-6-20(17-23)26(33)30-28(37)29-21-9-11-22(12-10-21)31-13-15-32(16-14-31)27(34)25-18-19-5-2-3-8-24(19)36-25/h2-12,17-18H,13-16H2,1H3,(H2,29,30,33,37). The van der Waals surface area contributed by atoms with Gasteiger partial charge in [-0.3, -0.25) is 14.9 Å². The van der Waals surface area contributed by atoms with Crippen LogP contribution >= 0.6 is 12.2 Å². The monoisotopic (exact) mass is 514 g/mol. The van der Waals surface area contributed by atoms with Gasteiger partial charge in [-0.15, -0.1) is 0 Å². The Labute approximate surface area is 219 Å². The van der Waals surface area contributed by atoms with Gasteiger partial charge in [-0.1, -0.05) is 24.3 Å². The number of piperazine rings is 1. The average molecular weight is 515 g/mol. The number of furan rings is 1. The van der Waals surface area contributed by atoms with E-state index in [0.717, 1.165) is 22.3 Å². The zero-order valence-corrected chi connectivity index (χ0v) is 21.1. The molecule has 2 heterocycles. The van der Waals surface area contributed by atoms with Crippen molar-refractivity contribution in [2.75, 3.05) is 43.5 Å². The number of hydrogen-bond acceptors (Lipinski definition) is 6. The van der Waals surface area contributed by atoms with Crippen LogP contribution in [-0.4, -0.2) is 55.1 Å². The summed E-state index contributed by atoms with van der Waals surface area (Å²) in [4.78, 5) is 29.4. The first-order valence-corrected chi connectivity index (χ1v) is 12.3. The second-order valence-corrected chi connectivity index (χ2v) is 9.02. The lowest BCUT2D eigenvalue weighted by Crippen LogP contribution is -2.48. The summed E-state index contributed by atoms with van der Waals surface area (Å²) in [6.07, 6.45) is 0. The summed E-state index contributed by atoms with van der Waals surface area (Å²) in [5.41, 5.74) is 2.99. The summed E-state index contributed by atoms with van der Waals surface area (Å²) >= 11 is 5.30. The Morgan fingerprint density at radius 3 is 2.41 bits per heavy atom. The molecular weight excluding hydrogens is 488 g/mol. The van der Waals surface area contributed by atoms with E-state index in [1.165, 1.54) is 0 Å². The molecule has 0 atom stereocenters. The number of nitrogens with one attached hydrogen (secondary N) is 2. The summed E-state index contributed by atoms with van der Waals surface area (Å²) in [7, 11) is 1.55. The minimum atomic E-state index is -0.317. The van der Waals surface area contributed by atoms with Gasteiger partial charge >= 0.3 is 0 Å². The zero-order valence-electron chi connectivity index (χ0n) is 20.3. The van der Waals surface area contributed by atoms with Crippen molar-refractivity contribution in [2.45, 2.75) is 0 Å². The lowest BCUT2D eigenvalue weighted by Gasteiger charge is -2.35. The Morgan fingerprint density at radius 2 is 1.68 bits per heavy atom. The van der Waals surface area contributed by atoms with Crippen molar-refractivity contribution in [3.05, 3.63) is 90.2 Å². The predicted molar refractivity (Wildman–Crippen MR) is 147 cm³/mol. The van der Waals surface area contributed by atoms with Crippen LogP contribution in [0.4, 0.5) is 11.4 Å². The number of carbonyl (C=O) groups excluding carboxylic acids is 2. The van der Waals surface area contributed by atoms with E-state index in [1.807, 2.05) is 53.4 Å². The number of para-hydroxylation sites is 1. The third-order valence-corrected chi connectivity index (χ3v) is 6.46. The Kier molecular flexibility index (Phi) is 7.04. The highest BCUT2D eigenvalue weighted by Crippen LogP contribution is 2.23. The molecule has 0 spiro atoms. The van der Waals surface area contributed by atoms with E-state index in [9.17, 15) is 9.59 Å². The average Bonchev–Trinajstić information content (AvgIpc) is 3.37. The number of benzene rings is 3. The second kappa shape index (κ2) is 10.7. The lowest BCUT2D eigenvalue weighted by atomic mass is 10.2. The highest BCUT2D eigenvalue weighted by atomic mass is 32.1. The Balaban J connectivity index is 1.13. The second-order valence-electron chi connectivity index (χ2n) is 8.61. The van der Waals surface area contributed by atoms with Crippen LogP contribution in [-0.2, 0) is 0 Å². The third-order valence-electron chi connectivity index (χ3n) is 6.25. The van der Waals surface area contributed by atoms with Crippen molar-refractivity contribution in [3.63, 3.8) is 0 Å². The van der Waals surface area contributed by atoms with Crippen molar-refractivity contribution in [3.8, 4) is 5.75 Å². The number of methoxy groups -OCH3 is 1. The zero-order chi connectivity index (χ0) is 25.8. The molecule has 1 aromatic heterocycles. The third kappa shape index (κ3) is 5.57. The van der Waals surface area contributed by atoms with Gasteiger partial charge in [-0.05, 0) is 66.8 Å². The van der Waals surface area contributed by atoms with Crippen LogP contribution in [0.3, 0.4) is 0 Å². The van der Waals surface area contributed by atoms with Gasteiger partial charge in [0.2, 0.25) is 0 Å². The van der Waals surface area contributed by atoms with Crippen LogP contribution in [0.5, 0.6) is 5.75 Å². The van der Waals surface area contributed by atoms with Crippen molar-refractivity contribution in [1.82, 2.24) is 10.2 Å². The summed E-state index contributed by atoms with van der Waals surface area (Å²) in [6.45, 7) is 2.65. The molecule has 2 amide bonds. The van der Waals surface area contributed by atoms with Gasteiger partial charge in [0.05, 0.1) is 7.11 Å². The first-order chi connectivity index (χ1) is 18.0. The number of thiocarbonyl (C=S) groups is 1. The quantitative estimate of drug-likeness (QED) is 0.379. The fourth-order valence-electron chi connectivity index (χ4n) is 4.27. The van der Waals surface area contributed by atoms with E-state index >= 15 is 0 Å². The number of amides is 2. The summed E-state index contributed by atoms with van der Waals surface area (Å²) in [5.74, 6) is 0.573. The predicted octanol–water partition coefficient (Wildman–Crippen LogP) is 4.53. The van der Waals surface area contributed by atoms with Gasteiger partial charge < -0.3 is 24.3 Å². The molecule has 9 heteroatoms. The first kappa shape index (κ1) is 24.3. The van der Waals surface area contributed by atoms with Crippen LogP contribution in [0.1, 0.15) is 20.9 Å². The molecule has 0 aliphatic carbocycles. The number of nitrogens with zero attached hydrogens (tertiary/aromatic N) is 2. The minimum Gasteiger partial charge on any atom is -0.497 e. The molecule has 1 saturated heterocycles. The van der Waals surface area contributed by atoms with Gasteiger partial charge in [0.1, 0.15) is 11.3 Å². The highest BCUT2D eigenvalue weighted by Gasteiger charge is 2.24. The fourth-order valence-corrected chi connectivity index (χ4v) is 4.48. The van der Waals surface area contributed by atoms with Crippen LogP contribution in [0.2, 0.25) is 0 Å². The summed E-state index contributed by atoms with van der Waals surface area (Å²) in [6, 6.07) is 24.1. The largest absolute Gasteiger partial charge is 0.497 e. The molecule has 0 unspecified atom stereocenters. The van der Waals surface area contributed by atoms with Crippen LogP contribution in [0, 0.1) is 0 Å². The van der Waals surface area contributed by atoms with Gasteiger partial charge in [0.15, 0.2) is 10.9 Å². The number of rotatable bonds is 5. The lowest BCUT2D eigenvalue weighted by molar-refractivity contribution is 0.0717. The molecule has 0 bridgehead atoms. The molecule has 1 fully saturated rings. The number of carbonyl (C=O) groups is 2. The van der Waals surface area contributed by atoms with E-state index in [-0.39, 0.29) is 16.9 Å². The Morgan fingerprint density at radius 1 is 0.919 bits per heavy atom. The number of anilines is 2. The maximum Gasteiger partial charge on any atom is 0.289 e. The van der Waals surface area contributed by atoms with E-state index in [0.29, 0.717) is 43.3 Å². The molecule has 1 aliphatic heterocycles. The van der Waals surface area contributed by atoms with E-state index in [4.69, 9.17) is 21.4 Å². The number of fused-ring (bicyclic) bond motifs is 1. The van der Waals surface area contributed by atoms with Crippen molar-refractivity contribution >= 4 is 51.5 Å². The maximum absolute atomic E-state index is 12.9. The molecule has 1 aliphatic rings. The summed E-state index contributed by atoms with van der Waals surface area (Å²) < 4.78 is 10.9. The molecule has 4 aromatic rings. The van der Waals surface area contributed by atoms with Crippen LogP contribution in [0.15, 0.2) is 83.3 Å². The molecule has 37 heavy (non-hydrogen) atoms. The molecule has 0 radical (unpaired) electrons. The van der Waals surface area contributed by atoms with E-state index in [1.54, 1.807) is 37.4 Å². The van der Waals surface area contributed by atoms with E-state index in [2.05, 4.69) is 15.5 Å². The summed E-state index contributed by atoms with van der Waals surface area (Å²) in [5, 5.41) is 6.86. The van der Waals surface area contributed by atoms with Crippen molar-refractivity contribution in [2.24, 2.45) is 0 Å². The molecule has 8 nitrogen and oxygen atoms in total. The fraction of sp³-hybridized carbons (Fsp3) is 0.179. The first-order valence-electron chi connectivity index (χ1n) is 11.9. The Bertz CT molecular complexity index is 1410. The Hall–Kier alpha value is -4.37. The van der Waals surface area contributed by atoms with Crippen LogP contribution < -0.4 is 20.3 Å². The van der Waals surface area contributed by atoms with Crippen molar-refractivity contribution in [1.29, 1.82) is 0 Å². The minimum absolute atomic E-state index is 0.0834.